The molecule has 24 heavy (non-hydrogen) atoms. The molecule has 2 heterocycles. The fraction of sp³-hybridized carbons (Fsp3) is 0.250. The van der Waals surface area contributed by atoms with Gasteiger partial charge in [0.2, 0.25) is 0 Å². The number of rotatable bonds is 7. The first-order chi connectivity index (χ1) is 11.6. The van der Waals surface area contributed by atoms with Crippen molar-refractivity contribution in [1.82, 2.24) is 14.8 Å². The Balaban J connectivity index is 1.68. The predicted molar refractivity (Wildman–Crippen MR) is 95.4 cm³/mol. The van der Waals surface area contributed by atoms with Crippen LogP contribution in [0.3, 0.4) is 0 Å². The zero-order chi connectivity index (χ0) is 16.9. The second-order valence-electron chi connectivity index (χ2n) is 5.25. The highest BCUT2D eigenvalue weighted by atomic mass is 32.2. The Morgan fingerprint density at radius 1 is 1.38 bits per heavy atom. The van der Waals surface area contributed by atoms with Gasteiger partial charge in [0.15, 0.2) is 5.16 Å². The maximum absolute atomic E-state index is 10.9. The van der Waals surface area contributed by atoms with E-state index in [-0.39, 0.29) is 15.9 Å². The van der Waals surface area contributed by atoms with Crippen molar-refractivity contribution in [3.05, 3.63) is 68.7 Å². The van der Waals surface area contributed by atoms with Crippen molar-refractivity contribution in [2.24, 2.45) is 0 Å². The topological polar surface area (TPSA) is 73.8 Å². The van der Waals surface area contributed by atoms with Gasteiger partial charge >= 0.3 is 0 Å². The molecule has 3 aromatic rings. The molecule has 0 saturated carbocycles. The quantitative estimate of drug-likeness (QED) is 0.356. The lowest BCUT2D eigenvalue weighted by atomic mass is 10.1. The summed E-state index contributed by atoms with van der Waals surface area (Å²) in [4.78, 5) is 11.9. The molecule has 0 aliphatic carbocycles. The van der Waals surface area contributed by atoms with Crippen molar-refractivity contribution < 1.29 is 4.92 Å². The summed E-state index contributed by atoms with van der Waals surface area (Å²) < 4.78 is 2.03. The number of nitro groups is 1. The van der Waals surface area contributed by atoms with E-state index in [1.807, 2.05) is 23.6 Å². The second kappa shape index (κ2) is 7.59. The molecule has 1 atom stereocenters. The lowest BCUT2D eigenvalue weighted by Crippen LogP contribution is -2.02. The molecule has 124 valence electrons. The molecule has 0 radical (unpaired) electrons. The maximum atomic E-state index is 10.9. The minimum absolute atomic E-state index is 0.0505. The molecule has 2 aromatic heterocycles. The Hall–Kier alpha value is -2.19. The lowest BCUT2D eigenvalue weighted by Gasteiger charge is -2.12. The Morgan fingerprint density at radius 3 is 3.00 bits per heavy atom. The third kappa shape index (κ3) is 4.01. The first-order valence-electron chi connectivity index (χ1n) is 7.44. The number of hydrogen-bond donors (Lipinski definition) is 0. The van der Waals surface area contributed by atoms with Crippen LogP contribution >= 0.6 is 23.1 Å². The van der Waals surface area contributed by atoms with Gasteiger partial charge in [0.1, 0.15) is 6.33 Å². The summed E-state index contributed by atoms with van der Waals surface area (Å²) in [5.41, 5.74) is 1.01. The molecule has 0 amide bonds. The third-order valence-corrected chi connectivity index (χ3v) is 5.68. The first kappa shape index (κ1) is 16.7. The molecule has 8 heteroatoms. The summed E-state index contributed by atoms with van der Waals surface area (Å²) in [5.74, 6) is 0. The number of non-ortho nitro benzene ring substituents is 1. The molecular weight excluding hydrogens is 344 g/mol. The lowest BCUT2D eigenvalue weighted by molar-refractivity contribution is -0.384. The highest BCUT2D eigenvalue weighted by Crippen LogP contribution is 2.34. The van der Waals surface area contributed by atoms with Gasteiger partial charge in [-0.1, -0.05) is 30.0 Å². The number of thioether (sulfide) groups is 1. The van der Waals surface area contributed by atoms with Crippen molar-refractivity contribution in [3.8, 4) is 0 Å². The van der Waals surface area contributed by atoms with Crippen molar-refractivity contribution in [1.29, 1.82) is 0 Å². The number of nitrogens with zero attached hydrogens (tertiary/aromatic N) is 4. The van der Waals surface area contributed by atoms with Crippen molar-refractivity contribution >= 4 is 28.8 Å². The van der Waals surface area contributed by atoms with Crippen molar-refractivity contribution in [2.45, 2.75) is 30.3 Å². The minimum Gasteiger partial charge on any atom is -0.308 e. The summed E-state index contributed by atoms with van der Waals surface area (Å²) in [6, 6.07) is 10.9. The zero-order valence-corrected chi connectivity index (χ0v) is 14.7. The summed E-state index contributed by atoms with van der Waals surface area (Å²) >= 11 is 3.30. The van der Waals surface area contributed by atoms with Crippen LogP contribution in [-0.2, 0) is 13.0 Å². The van der Waals surface area contributed by atoms with E-state index in [4.69, 9.17) is 0 Å². The van der Waals surface area contributed by atoms with Crippen LogP contribution < -0.4 is 0 Å². The van der Waals surface area contributed by atoms with E-state index in [2.05, 4.69) is 21.6 Å². The van der Waals surface area contributed by atoms with Crippen LogP contribution in [0.25, 0.3) is 0 Å². The molecule has 3 rings (SSSR count). The van der Waals surface area contributed by atoms with E-state index >= 15 is 0 Å². The average molecular weight is 360 g/mol. The van der Waals surface area contributed by atoms with E-state index in [1.165, 1.54) is 10.9 Å². The van der Waals surface area contributed by atoms with Gasteiger partial charge in [0.05, 0.1) is 4.92 Å². The second-order valence-corrected chi connectivity index (χ2v) is 7.59. The van der Waals surface area contributed by atoms with Crippen LogP contribution in [0.4, 0.5) is 5.69 Å². The molecule has 6 nitrogen and oxygen atoms in total. The first-order valence-corrected chi connectivity index (χ1v) is 9.20. The van der Waals surface area contributed by atoms with E-state index in [0.717, 1.165) is 23.7 Å². The Kier molecular flexibility index (Phi) is 5.27. The molecular formula is C16H16N4O2S2. The molecule has 0 N–H and O–H groups in total. The highest BCUT2D eigenvalue weighted by molar-refractivity contribution is 7.99. The fourth-order valence-corrected chi connectivity index (χ4v) is 3.96. The van der Waals surface area contributed by atoms with Gasteiger partial charge < -0.3 is 4.57 Å². The summed E-state index contributed by atoms with van der Waals surface area (Å²) in [5, 5.41) is 22.1. The van der Waals surface area contributed by atoms with Gasteiger partial charge in [-0.25, -0.2) is 0 Å². The molecule has 0 saturated heterocycles. The zero-order valence-electron chi connectivity index (χ0n) is 13.0. The summed E-state index contributed by atoms with van der Waals surface area (Å²) in [6.45, 7) is 2.83. The smallest absolute Gasteiger partial charge is 0.269 e. The molecule has 0 bridgehead atoms. The number of thiophene rings is 1. The van der Waals surface area contributed by atoms with Gasteiger partial charge in [0.25, 0.3) is 5.69 Å². The van der Waals surface area contributed by atoms with Gasteiger partial charge in [0, 0.05) is 28.8 Å². The van der Waals surface area contributed by atoms with Gasteiger partial charge in [-0.15, -0.1) is 21.5 Å². The van der Waals surface area contributed by atoms with Crippen LogP contribution in [-0.4, -0.2) is 19.7 Å². The fourth-order valence-electron chi connectivity index (χ4n) is 2.29. The number of hydrogen-bond acceptors (Lipinski definition) is 6. The Labute approximate surface area is 147 Å². The van der Waals surface area contributed by atoms with Crippen molar-refractivity contribution in [2.75, 3.05) is 0 Å². The maximum Gasteiger partial charge on any atom is 0.269 e. The molecule has 0 fully saturated rings. The van der Waals surface area contributed by atoms with Crippen molar-refractivity contribution in [3.63, 3.8) is 0 Å². The number of aromatic nitrogens is 3. The monoisotopic (exact) mass is 360 g/mol. The average Bonchev–Trinajstić information content (AvgIpc) is 3.24. The van der Waals surface area contributed by atoms with Crippen LogP contribution in [0.5, 0.6) is 0 Å². The Bertz CT molecular complexity index is 817. The van der Waals surface area contributed by atoms with Crippen LogP contribution in [0.1, 0.15) is 22.6 Å². The van der Waals surface area contributed by atoms with Gasteiger partial charge in [-0.3, -0.25) is 10.1 Å². The molecule has 0 aliphatic heterocycles. The number of aryl methyl sites for hydroxylation is 2. The summed E-state index contributed by atoms with van der Waals surface area (Å²) in [7, 11) is 0. The van der Waals surface area contributed by atoms with E-state index in [9.17, 15) is 10.1 Å². The van der Waals surface area contributed by atoms with E-state index in [0.29, 0.717) is 0 Å². The normalized spacial score (nSPS) is 12.2. The van der Waals surface area contributed by atoms with Crippen LogP contribution in [0.2, 0.25) is 0 Å². The number of nitro benzene ring substituents is 1. The SMILES string of the molecule is CC(Sc1nncn1CCc1cccs1)c1cccc([N+](=O)[O-])c1. The van der Waals surface area contributed by atoms with Gasteiger partial charge in [-0.2, -0.15) is 0 Å². The summed E-state index contributed by atoms with van der Waals surface area (Å²) in [6.07, 6.45) is 2.67. The molecule has 0 aliphatic rings. The highest BCUT2D eigenvalue weighted by Gasteiger charge is 2.15. The number of benzene rings is 1. The van der Waals surface area contributed by atoms with Crippen LogP contribution in [0, 0.1) is 10.1 Å². The standard InChI is InChI=1S/C16H16N4O2S2/c1-12(13-4-2-5-14(10-13)20(21)22)24-16-18-17-11-19(16)8-7-15-6-3-9-23-15/h2-6,9-12H,7-8H2,1H3. The van der Waals surface area contributed by atoms with E-state index < -0.39 is 0 Å². The van der Waals surface area contributed by atoms with Crippen LogP contribution in [0.15, 0.2) is 53.3 Å². The third-order valence-electron chi connectivity index (χ3n) is 3.59. The van der Waals surface area contributed by atoms with E-state index in [1.54, 1.807) is 41.6 Å². The molecule has 1 aromatic carbocycles. The molecule has 1 unspecified atom stereocenters. The minimum atomic E-state index is -0.371. The van der Waals surface area contributed by atoms with Gasteiger partial charge in [-0.05, 0) is 30.4 Å². The predicted octanol–water partition coefficient (Wildman–Crippen LogP) is 4.34. The largest absolute Gasteiger partial charge is 0.308 e. The Morgan fingerprint density at radius 2 is 2.25 bits per heavy atom. The molecule has 0 spiro atoms.